The highest BCUT2D eigenvalue weighted by atomic mass is 28.4. The Bertz CT molecular complexity index is 755. The van der Waals surface area contributed by atoms with Crippen molar-refractivity contribution < 1.29 is 14.0 Å². The molecule has 0 saturated heterocycles. The maximum atomic E-state index is 10.8. The van der Waals surface area contributed by atoms with Crippen LogP contribution < -0.4 is 10.4 Å². The first-order valence-electron chi connectivity index (χ1n) is 10.9. The summed E-state index contributed by atoms with van der Waals surface area (Å²) in [6, 6.07) is 21.4. The SMILES string of the molecule is CC(=O)OCCCCC=CC(C)O[Si](c1ccccc1)(c1ccccc1)C(C)(C)C. The monoisotopic (exact) mass is 424 g/mol. The molecule has 0 spiro atoms. The summed E-state index contributed by atoms with van der Waals surface area (Å²) in [6.07, 6.45) is 7.20. The van der Waals surface area contributed by atoms with Crippen molar-refractivity contribution in [2.45, 2.75) is 65.0 Å². The van der Waals surface area contributed by atoms with Crippen molar-refractivity contribution in [1.29, 1.82) is 0 Å². The van der Waals surface area contributed by atoms with Crippen molar-refractivity contribution in [2.24, 2.45) is 0 Å². The Balaban J connectivity index is 2.20. The fraction of sp³-hybridized carbons (Fsp3) is 0.423. The zero-order chi connectivity index (χ0) is 22.0. The second-order valence-electron chi connectivity index (χ2n) is 8.75. The van der Waals surface area contributed by atoms with E-state index in [0.29, 0.717) is 6.61 Å². The van der Waals surface area contributed by atoms with Gasteiger partial charge < -0.3 is 9.16 Å². The summed E-state index contributed by atoms with van der Waals surface area (Å²) in [4.78, 5) is 10.8. The van der Waals surface area contributed by atoms with E-state index in [1.165, 1.54) is 17.3 Å². The van der Waals surface area contributed by atoms with Crippen LogP contribution in [0.1, 0.15) is 53.9 Å². The molecule has 1 atom stereocenters. The molecule has 0 aliphatic heterocycles. The van der Waals surface area contributed by atoms with Crippen LogP contribution in [-0.4, -0.2) is 27.0 Å². The lowest BCUT2D eigenvalue weighted by atomic mass is 10.2. The molecular weight excluding hydrogens is 388 g/mol. The Kier molecular flexibility index (Phi) is 9.06. The number of hydrogen-bond donors (Lipinski definition) is 0. The molecule has 2 rings (SSSR count). The highest BCUT2D eigenvalue weighted by molar-refractivity contribution is 6.99. The highest BCUT2D eigenvalue weighted by Gasteiger charge is 2.50. The third kappa shape index (κ3) is 6.41. The molecule has 0 amide bonds. The van der Waals surface area contributed by atoms with Crippen LogP contribution in [0.25, 0.3) is 0 Å². The van der Waals surface area contributed by atoms with E-state index in [1.54, 1.807) is 0 Å². The summed E-state index contributed by atoms with van der Waals surface area (Å²) in [7, 11) is -2.51. The third-order valence-electron chi connectivity index (χ3n) is 5.26. The van der Waals surface area contributed by atoms with Gasteiger partial charge in [0.15, 0.2) is 0 Å². The molecule has 0 heterocycles. The Morgan fingerprint density at radius 3 is 1.97 bits per heavy atom. The van der Waals surface area contributed by atoms with Crippen molar-refractivity contribution in [1.82, 2.24) is 0 Å². The van der Waals surface area contributed by atoms with Crippen LogP contribution >= 0.6 is 0 Å². The maximum absolute atomic E-state index is 10.8. The summed E-state index contributed by atoms with van der Waals surface area (Å²) in [5, 5.41) is 2.57. The van der Waals surface area contributed by atoms with Gasteiger partial charge in [-0.05, 0) is 41.6 Å². The number of ether oxygens (including phenoxy) is 1. The maximum Gasteiger partial charge on any atom is 0.302 e. The smallest absolute Gasteiger partial charge is 0.302 e. The van der Waals surface area contributed by atoms with Gasteiger partial charge in [0.1, 0.15) is 0 Å². The highest BCUT2D eigenvalue weighted by Crippen LogP contribution is 2.37. The number of hydrogen-bond acceptors (Lipinski definition) is 3. The van der Waals surface area contributed by atoms with Crippen molar-refractivity contribution in [2.75, 3.05) is 6.61 Å². The summed E-state index contributed by atoms with van der Waals surface area (Å²) >= 11 is 0. The van der Waals surface area contributed by atoms with Gasteiger partial charge in [0.2, 0.25) is 0 Å². The molecular formula is C26H36O3Si. The van der Waals surface area contributed by atoms with Crippen molar-refractivity contribution >= 4 is 24.7 Å². The number of allylic oxidation sites excluding steroid dienone is 1. The molecule has 0 N–H and O–H groups in total. The second kappa shape index (κ2) is 11.3. The molecule has 0 saturated carbocycles. The molecule has 3 nitrogen and oxygen atoms in total. The van der Waals surface area contributed by atoms with Crippen LogP contribution in [0.5, 0.6) is 0 Å². The fourth-order valence-electron chi connectivity index (χ4n) is 3.88. The number of carbonyl (C=O) groups is 1. The Labute approximate surface area is 183 Å². The zero-order valence-corrected chi connectivity index (χ0v) is 20.1. The normalized spacial score (nSPS) is 13.4. The van der Waals surface area contributed by atoms with Crippen LogP contribution in [0.2, 0.25) is 5.04 Å². The van der Waals surface area contributed by atoms with Crippen molar-refractivity contribution in [3.63, 3.8) is 0 Å². The van der Waals surface area contributed by atoms with Crippen LogP contribution in [-0.2, 0) is 14.0 Å². The number of unbranched alkanes of at least 4 members (excludes halogenated alkanes) is 2. The Hall–Kier alpha value is -2.17. The number of rotatable bonds is 10. The molecule has 162 valence electrons. The first kappa shape index (κ1) is 24.1. The zero-order valence-electron chi connectivity index (χ0n) is 19.1. The van der Waals surface area contributed by atoms with Gasteiger partial charge >= 0.3 is 5.97 Å². The molecule has 2 aromatic rings. The average Bonchev–Trinajstić information content (AvgIpc) is 2.71. The van der Waals surface area contributed by atoms with Gasteiger partial charge in [0, 0.05) is 6.92 Å². The van der Waals surface area contributed by atoms with Gasteiger partial charge in [-0.2, -0.15) is 0 Å². The van der Waals surface area contributed by atoms with Crippen molar-refractivity contribution in [3.05, 3.63) is 72.8 Å². The van der Waals surface area contributed by atoms with Crippen LogP contribution in [0.15, 0.2) is 72.8 Å². The first-order valence-corrected chi connectivity index (χ1v) is 12.8. The van der Waals surface area contributed by atoms with E-state index < -0.39 is 8.32 Å². The lowest BCUT2D eigenvalue weighted by Gasteiger charge is -2.44. The molecule has 0 fully saturated rings. The third-order valence-corrected chi connectivity index (χ3v) is 10.4. The van der Waals surface area contributed by atoms with Gasteiger partial charge in [0.25, 0.3) is 8.32 Å². The quantitative estimate of drug-likeness (QED) is 0.226. The van der Waals surface area contributed by atoms with Gasteiger partial charge in [-0.1, -0.05) is 93.6 Å². The predicted molar refractivity (Wildman–Crippen MR) is 128 cm³/mol. The van der Waals surface area contributed by atoms with E-state index in [-0.39, 0.29) is 17.1 Å². The number of carbonyl (C=O) groups excluding carboxylic acids is 1. The Morgan fingerprint density at radius 2 is 1.50 bits per heavy atom. The molecule has 1 unspecified atom stereocenters. The van der Waals surface area contributed by atoms with E-state index in [4.69, 9.17) is 9.16 Å². The summed E-state index contributed by atoms with van der Waals surface area (Å²) in [5.41, 5.74) is 0. The number of esters is 1. The first-order chi connectivity index (χ1) is 14.3. The van der Waals surface area contributed by atoms with E-state index >= 15 is 0 Å². The largest absolute Gasteiger partial charge is 0.466 e. The lowest BCUT2D eigenvalue weighted by Crippen LogP contribution is -2.67. The van der Waals surface area contributed by atoms with Gasteiger partial charge in [0.05, 0.1) is 12.7 Å². The standard InChI is InChI=1S/C26H36O3Si/c1-22(16-10-6-7-15-21-28-23(2)27)29-30(26(3,4)5,24-17-11-8-12-18-24)25-19-13-9-14-20-25/h8-14,16-20,22H,6-7,15,21H2,1-5H3. The minimum absolute atomic E-state index is 0.00442. The molecule has 4 heteroatoms. The topological polar surface area (TPSA) is 35.5 Å². The molecule has 0 radical (unpaired) electrons. The van der Waals surface area contributed by atoms with E-state index in [2.05, 4.69) is 101 Å². The fourth-order valence-corrected chi connectivity index (χ4v) is 8.53. The van der Waals surface area contributed by atoms with Gasteiger partial charge in [-0.25, -0.2) is 0 Å². The molecule has 0 aliphatic carbocycles. The molecule has 30 heavy (non-hydrogen) atoms. The lowest BCUT2D eigenvalue weighted by molar-refractivity contribution is -0.141. The van der Waals surface area contributed by atoms with Gasteiger partial charge in [-0.15, -0.1) is 0 Å². The van der Waals surface area contributed by atoms with E-state index in [9.17, 15) is 4.79 Å². The van der Waals surface area contributed by atoms with E-state index in [1.807, 2.05) is 0 Å². The molecule has 0 bridgehead atoms. The minimum atomic E-state index is -2.51. The van der Waals surface area contributed by atoms with Crippen LogP contribution in [0, 0.1) is 0 Å². The van der Waals surface area contributed by atoms with Gasteiger partial charge in [-0.3, -0.25) is 4.79 Å². The Morgan fingerprint density at radius 1 is 0.967 bits per heavy atom. The molecule has 0 aliphatic rings. The van der Waals surface area contributed by atoms with Crippen LogP contribution in [0.4, 0.5) is 0 Å². The average molecular weight is 425 g/mol. The van der Waals surface area contributed by atoms with Crippen molar-refractivity contribution in [3.8, 4) is 0 Å². The summed E-state index contributed by atoms with van der Waals surface area (Å²) < 4.78 is 12.0. The molecule has 2 aromatic carbocycles. The minimum Gasteiger partial charge on any atom is -0.466 e. The summed E-state index contributed by atoms with van der Waals surface area (Å²) in [6.45, 7) is 11.0. The van der Waals surface area contributed by atoms with Crippen LogP contribution in [0.3, 0.4) is 0 Å². The van der Waals surface area contributed by atoms with E-state index in [0.717, 1.165) is 19.3 Å². The second-order valence-corrected chi connectivity index (χ2v) is 13.0. The number of benzene rings is 2. The summed E-state index contributed by atoms with van der Waals surface area (Å²) in [5.74, 6) is -0.210. The predicted octanol–water partition coefficient (Wildman–Crippen LogP) is 5.24. The molecule has 0 aromatic heterocycles.